The summed E-state index contributed by atoms with van der Waals surface area (Å²) in [6.45, 7) is 11.7. The summed E-state index contributed by atoms with van der Waals surface area (Å²) in [7, 11) is 3.40. The molecule has 6 heteroatoms. The van der Waals surface area contributed by atoms with Crippen molar-refractivity contribution >= 4 is 35.8 Å². The monoisotopic (exact) mass is 474 g/mol. The van der Waals surface area contributed by atoms with Crippen molar-refractivity contribution in [3.05, 3.63) is 35.4 Å². The van der Waals surface area contributed by atoms with Gasteiger partial charge in [0.25, 0.3) is 0 Å². The lowest BCUT2D eigenvalue weighted by atomic mass is 9.84. The number of halogens is 1. The molecule has 26 heavy (non-hydrogen) atoms. The molecule has 0 spiro atoms. The molecule has 0 saturated heterocycles. The van der Waals surface area contributed by atoms with Gasteiger partial charge >= 0.3 is 0 Å². The lowest BCUT2D eigenvalue weighted by Crippen LogP contribution is -2.49. The summed E-state index contributed by atoms with van der Waals surface area (Å²) in [4.78, 5) is 16.1. The van der Waals surface area contributed by atoms with Gasteiger partial charge in [0.05, 0.1) is 5.41 Å². The van der Waals surface area contributed by atoms with E-state index >= 15 is 0 Å². The topological polar surface area (TPSA) is 65.5 Å². The largest absolute Gasteiger partial charge is 0.359 e. The number of amides is 1. The van der Waals surface area contributed by atoms with Crippen LogP contribution in [0.2, 0.25) is 0 Å². The third-order valence-corrected chi connectivity index (χ3v) is 4.60. The van der Waals surface area contributed by atoms with Crippen LogP contribution in [-0.4, -0.2) is 39.1 Å². The Kier molecular flexibility index (Phi) is 10.2. The van der Waals surface area contributed by atoms with Gasteiger partial charge in [-0.1, -0.05) is 45.0 Å². The Balaban J connectivity index is 0.00000625. The standard InChI is InChI=1S/C20H34N4O.HI/c1-8-15-9-11-16(12-10-15)19(2,3)13-23-18(22-7)24-14-20(4,5)17(25)21-6;/h9-12H,8,13-14H2,1-7H3,(H,21,25)(H2,22,23,24);1H. The Morgan fingerprint density at radius 1 is 1.04 bits per heavy atom. The fourth-order valence-electron chi connectivity index (χ4n) is 2.54. The molecule has 5 nitrogen and oxygen atoms in total. The summed E-state index contributed by atoms with van der Waals surface area (Å²) in [5.74, 6) is 0.710. The summed E-state index contributed by atoms with van der Waals surface area (Å²) >= 11 is 0. The first-order chi connectivity index (χ1) is 11.7. The zero-order valence-corrected chi connectivity index (χ0v) is 19.5. The highest BCUT2D eigenvalue weighted by atomic mass is 127. The first-order valence-electron chi connectivity index (χ1n) is 8.92. The van der Waals surface area contributed by atoms with Crippen molar-refractivity contribution in [3.8, 4) is 0 Å². The molecule has 0 unspecified atom stereocenters. The van der Waals surface area contributed by atoms with Gasteiger partial charge in [-0.2, -0.15) is 0 Å². The lowest BCUT2D eigenvalue weighted by Gasteiger charge is -2.28. The maximum Gasteiger partial charge on any atom is 0.227 e. The van der Waals surface area contributed by atoms with E-state index in [2.05, 4.69) is 66.0 Å². The van der Waals surface area contributed by atoms with E-state index in [1.54, 1.807) is 14.1 Å². The second kappa shape index (κ2) is 10.7. The lowest BCUT2D eigenvalue weighted by molar-refractivity contribution is -0.128. The summed E-state index contributed by atoms with van der Waals surface area (Å²) in [6.07, 6.45) is 1.05. The molecule has 0 aromatic heterocycles. The van der Waals surface area contributed by atoms with Crippen LogP contribution in [-0.2, 0) is 16.6 Å². The third-order valence-electron chi connectivity index (χ3n) is 4.60. The summed E-state index contributed by atoms with van der Waals surface area (Å²) in [5, 5.41) is 9.31. The molecule has 0 aliphatic rings. The second-order valence-electron chi connectivity index (χ2n) is 7.68. The Labute approximate surface area is 175 Å². The van der Waals surface area contributed by atoms with Crippen LogP contribution in [0.4, 0.5) is 0 Å². The smallest absolute Gasteiger partial charge is 0.227 e. The number of rotatable bonds is 7. The van der Waals surface area contributed by atoms with Gasteiger partial charge in [-0.05, 0) is 31.4 Å². The van der Waals surface area contributed by atoms with E-state index < -0.39 is 5.41 Å². The predicted octanol–water partition coefficient (Wildman–Crippen LogP) is 3.08. The molecule has 0 radical (unpaired) electrons. The summed E-state index contributed by atoms with van der Waals surface area (Å²) in [6, 6.07) is 8.78. The predicted molar refractivity (Wildman–Crippen MR) is 121 cm³/mol. The Bertz CT molecular complexity index is 594. The molecule has 1 aromatic rings. The molecule has 0 fully saturated rings. The average molecular weight is 474 g/mol. The van der Waals surface area contributed by atoms with Gasteiger partial charge in [-0.15, -0.1) is 24.0 Å². The Hall–Kier alpha value is -1.31. The van der Waals surface area contributed by atoms with Crippen molar-refractivity contribution in [2.45, 2.75) is 46.5 Å². The minimum atomic E-state index is -0.502. The number of guanidine groups is 1. The number of hydrogen-bond donors (Lipinski definition) is 3. The molecule has 0 atom stereocenters. The molecule has 0 bridgehead atoms. The zero-order valence-electron chi connectivity index (χ0n) is 17.2. The number of carbonyl (C=O) groups excluding carboxylic acids is 1. The number of aliphatic imine (C=N–C) groups is 1. The third kappa shape index (κ3) is 7.13. The maximum atomic E-state index is 11.9. The van der Waals surface area contributed by atoms with E-state index in [1.807, 2.05) is 13.8 Å². The number of nitrogens with zero attached hydrogens (tertiary/aromatic N) is 1. The van der Waals surface area contributed by atoms with Crippen molar-refractivity contribution < 1.29 is 4.79 Å². The maximum absolute atomic E-state index is 11.9. The van der Waals surface area contributed by atoms with E-state index in [9.17, 15) is 4.79 Å². The van der Waals surface area contributed by atoms with Gasteiger partial charge in [-0.25, -0.2) is 0 Å². The van der Waals surface area contributed by atoms with Crippen molar-refractivity contribution in [2.24, 2.45) is 10.4 Å². The van der Waals surface area contributed by atoms with Gasteiger partial charge < -0.3 is 16.0 Å². The fourth-order valence-corrected chi connectivity index (χ4v) is 2.54. The minimum absolute atomic E-state index is 0. The number of benzene rings is 1. The SMILES string of the molecule is CCc1ccc(C(C)(C)CNC(=NC)NCC(C)(C)C(=O)NC)cc1.I. The van der Waals surface area contributed by atoms with Crippen LogP contribution < -0.4 is 16.0 Å². The Morgan fingerprint density at radius 2 is 1.58 bits per heavy atom. The van der Waals surface area contributed by atoms with E-state index in [0.717, 1.165) is 13.0 Å². The van der Waals surface area contributed by atoms with Crippen LogP contribution in [0.3, 0.4) is 0 Å². The molecular formula is C20H35IN4O. The van der Waals surface area contributed by atoms with Crippen molar-refractivity contribution in [1.29, 1.82) is 0 Å². The van der Waals surface area contributed by atoms with Gasteiger partial charge in [0.15, 0.2) is 5.96 Å². The first-order valence-corrected chi connectivity index (χ1v) is 8.92. The molecule has 0 heterocycles. The van der Waals surface area contributed by atoms with Crippen molar-refractivity contribution in [1.82, 2.24) is 16.0 Å². The van der Waals surface area contributed by atoms with E-state index in [-0.39, 0.29) is 35.3 Å². The van der Waals surface area contributed by atoms with Crippen molar-refractivity contribution in [2.75, 3.05) is 27.2 Å². The van der Waals surface area contributed by atoms with Crippen LogP contribution in [0.5, 0.6) is 0 Å². The summed E-state index contributed by atoms with van der Waals surface area (Å²) < 4.78 is 0. The van der Waals surface area contributed by atoms with E-state index in [0.29, 0.717) is 12.5 Å². The van der Waals surface area contributed by atoms with Gasteiger partial charge in [0.1, 0.15) is 0 Å². The Morgan fingerprint density at radius 3 is 2.04 bits per heavy atom. The highest BCUT2D eigenvalue weighted by Gasteiger charge is 2.27. The number of nitrogens with one attached hydrogen (secondary N) is 3. The fraction of sp³-hybridized carbons (Fsp3) is 0.600. The van der Waals surface area contributed by atoms with E-state index in [4.69, 9.17) is 0 Å². The minimum Gasteiger partial charge on any atom is -0.359 e. The molecule has 0 saturated carbocycles. The summed E-state index contributed by atoms with van der Waals surface area (Å²) in [5.41, 5.74) is 2.11. The molecular weight excluding hydrogens is 439 g/mol. The molecule has 148 valence electrons. The second-order valence-corrected chi connectivity index (χ2v) is 7.68. The molecule has 1 rings (SSSR count). The quantitative estimate of drug-likeness (QED) is 0.323. The zero-order chi connectivity index (χ0) is 19.1. The van der Waals surface area contributed by atoms with Crippen molar-refractivity contribution in [3.63, 3.8) is 0 Å². The normalized spacial score (nSPS) is 12.2. The van der Waals surface area contributed by atoms with Crippen LogP contribution in [0, 0.1) is 5.41 Å². The van der Waals surface area contributed by atoms with Crippen LogP contribution >= 0.6 is 24.0 Å². The number of hydrogen-bond acceptors (Lipinski definition) is 2. The molecule has 0 aliphatic carbocycles. The molecule has 1 aromatic carbocycles. The highest BCUT2D eigenvalue weighted by molar-refractivity contribution is 14.0. The van der Waals surface area contributed by atoms with Crippen LogP contribution in [0.1, 0.15) is 45.7 Å². The van der Waals surface area contributed by atoms with Gasteiger partial charge in [0, 0.05) is 32.6 Å². The molecule has 3 N–H and O–H groups in total. The first kappa shape index (κ1) is 24.7. The van der Waals surface area contributed by atoms with E-state index in [1.165, 1.54) is 11.1 Å². The molecule has 1 amide bonds. The number of carbonyl (C=O) groups is 1. The van der Waals surface area contributed by atoms with Gasteiger partial charge in [-0.3, -0.25) is 9.79 Å². The number of aryl methyl sites for hydroxylation is 1. The van der Waals surface area contributed by atoms with Gasteiger partial charge in [0.2, 0.25) is 5.91 Å². The average Bonchev–Trinajstić information content (AvgIpc) is 2.61. The highest BCUT2D eigenvalue weighted by Crippen LogP contribution is 2.22. The van der Waals surface area contributed by atoms with Crippen LogP contribution in [0.25, 0.3) is 0 Å². The van der Waals surface area contributed by atoms with Crippen LogP contribution in [0.15, 0.2) is 29.3 Å². The molecule has 0 aliphatic heterocycles.